The molecule has 0 spiro atoms. The second kappa shape index (κ2) is 30.8. The normalized spacial score (nSPS) is 15.0. The van der Waals surface area contributed by atoms with E-state index in [-0.39, 0.29) is 0 Å². The second-order valence-corrected chi connectivity index (χ2v) is 13.5. The maximum atomic E-state index is 2.66. The van der Waals surface area contributed by atoms with Crippen LogP contribution in [0.3, 0.4) is 0 Å². The van der Waals surface area contributed by atoms with Gasteiger partial charge >= 0.3 is 0 Å². The zero-order valence-corrected chi connectivity index (χ0v) is 29.0. The Morgan fingerprint density at radius 1 is 0.341 bits per heavy atom. The third-order valence-corrected chi connectivity index (χ3v) is 9.67. The molecule has 0 N–H and O–H groups in total. The molecule has 0 radical (unpaired) electrons. The molecule has 0 saturated heterocycles. The fourth-order valence-corrected chi connectivity index (χ4v) is 6.80. The van der Waals surface area contributed by atoms with E-state index in [4.69, 9.17) is 0 Å². The van der Waals surface area contributed by atoms with Crippen molar-refractivity contribution in [1.29, 1.82) is 0 Å². The van der Waals surface area contributed by atoms with E-state index >= 15 is 0 Å². The highest BCUT2D eigenvalue weighted by atomic mass is 15.4. The average molecular weight is 575 g/mol. The highest BCUT2D eigenvalue weighted by Crippen LogP contribution is 2.23. The Kier molecular flexibility index (Phi) is 28.8. The van der Waals surface area contributed by atoms with E-state index < -0.39 is 0 Å². The van der Waals surface area contributed by atoms with Gasteiger partial charge in [0.25, 0.3) is 0 Å². The smallest absolute Gasteiger partial charge is 0.101 e. The number of rotatable bonds is 33. The van der Waals surface area contributed by atoms with E-state index in [0.717, 1.165) is 6.54 Å². The van der Waals surface area contributed by atoms with Gasteiger partial charge < -0.3 is 9.80 Å². The molecule has 1 rings (SSSR count). The largest absolute Gasteiger partial charge is 0.356 e. The van der Waals surface area contributed by atoms with Crippen LogP contribution in [-0.2, 0) is 0 Å². The summed E-state index contributed by atoms with van der Waals surface area (Å²) in [5, 5.41) is 0. The molecule has 0 saturated carbocycles. The zero-order valence-electron chi connectivity index (χ0n) is 29.0. The Morgan fingerprint density at radius 3 is 0.976 bits per heavy atom. The maximum Gasteiger partial charge on any atom is 0.101 e. The van der Waals surface area contributed by atoms with Gasteiger partial charge in [0.05, 0.1) is 0 Å². The summed E-state index contributed by atoms with van der Waals surface area (Å²) in [6.45, 7) is 9.34. The number of unbranched alkanes of at least 4 members (excludes halogenated alkanes) is 28. The van der Waals surface area contributed by atoms with Crippen LogP contribution in [0.5, 0.6) is 0 Å². The highest BCUT2D eigenvalue weighted by molar-refractivity contribution is 4.96. The minimum atomic E-state index is 0.633. The summed E-state index contributed by atoms with van der Waals surface area (Å²) in [6.07, 6.45) is 50.2. The van der Waals surface area contributed by atoms with E-state index in [9.17, 15) is 0 Å². The van der Waals surface area contributed by atoms with Gasteiger partial charge in [0.2, 0.25) is 0 Å². The number of hydrogen-bond acceptors (Lipinski definition) is 2. The van der Waals surface area contributed by atoms with Crippen LogP contribution in [0.4, 0.5) is 0 Å². The quantitative estimate of drug-likeness (QED) is 0.0719. The summed E-state index contributed by atoms with van der Waals surface area (Å²) in [6, 6.07) is 0. The number of nitrogens with zero attached hydrogens (tertiary/aromatic N) is 2. The minimum absolute atomic E-state index is 0.633. The molecule has 1 heterocycles. The summed E-state index contributed by atoms with van der Waals surface area (Å²) in [5.41, 5.74) is 0. The van der Waals surface area contributed by atoms with Gasteiger partial charge in [0.1, 0.15) is 6.17 Å². The van der Waals surface area contributed by atoms with Gasteiger partial charge in [-0.15, -0.1) is 0 Å². The Labute approximate surface area is 260 Å². The molecule has 0 aliphatic carbocycles. The Bertz CT molecular complexity index is 530. The van der Waals surface area contributed by atoms with Gasteiger partial charge in [-0.2, -0.15) is 0 Å². The van der Waals surface area contributed by atoms with Crippen LogP contribution in [0.15, 0.2) is 12.4 Å². The lowest BCUT2D eigenvalue weighted by molar-refractivity contribution is 0.142. The molecule has 2 heteroatoms. The highest BCUT2D eigenvalue weighted by Gasteiger charge is 2.23. The Hall–Kier alpha value is -0.660. The molecule has 0 bridgehead atoms. The van der Waals surface area contributed by atoms with E-state index in [1.165, 1.54) is 206 Å². The van der Waals surface area contributed by atoms with Gasteiger partial charge in [0, 0.05) is 25.5 Å². The average Bonchev–Trinajstić information content (AvgIpc) is 3.38. The standard InChI is InChI=1S/C39H78N2/c1-4-7-9-11-13-15-17-19-21-22-23-25-27-29-31-33-35-39-40(6-3)37-38-41(39)36-34-32-30-28-26-24-20-18-16-14-12-10-8-5-2/h37-39H,4-36H2,1-3H3. The molecule has 1 unspecified atom stereocenters. The van der Waals surface area contributed by atoms with Crippen LogP contribution >= 0.6 is 0 Å². The van der Waals surface area contributed by atoms with Crippen LogP contribution in [0, 0.1) is 0 Å². The third kappa shape index (κ3) is 23.5. The van der Waals surface area contributed by atoms with E-state index in [1.807, 2.05) is 0 Å². The SMILES string of the molecule is CCCCCCCCCCCCCCCCCCC1N(CC)C=CN1CCCCCCCCCCCCCCCC. The van der Waals surface area contributed by atoms with Crippen molar-refractivity contribution in [2.45, 2.75) is 226 Å². The fraction of sp³-hybridized carbons (Fsp3) is 0.949. The summed E-state index contributed by atoms with van der Waals surface area (Å²) in [7, 11) is 0. The van der Waals surface area contributed by atoms with Crippen molar-refractivity contribution < 1.29 is 0 Å². The zero-order chi connectivity index (χ0) is 29.5. The molecule has 0 fully saturated rings. The van der Waals surface area contributed by atoms with Crippen molar-refractivity contribution >= 4 is 0 Å². The predicted molar refractivity (Wildman–Crippen MR) is 186 cm³/mol. The van der Waals surface area contributed by atoms with Crippen LogP contribution in [-0.4, -0.2) is 29.1 Å². The molecule has 0 aromatic rings. The first-order chi connectivity index (χ1) is 20.3. The Balaban J connectivity index is 1.92. The molecule has 244 valence electrons. The molecule has 1 aliphatic heterocycles. The van der Waals surface area contributed by atoms with Gasteiger partial charge in [-0.3, -0.25) is 0 Å². The molecular formula is C39H78N2. The number of hydrogen-bond donors (Lipinski definition) is 0. The predicted octanol–water partition coefficient (Wildman–Crippen LogP) is 13.6. The van der Waals surface area contributed by atoms with E-state index in [0.29, 0.717) is 6.17 Å². The lowest BCUT2D eigenvalue weighted by atomic mass is 10.0. The topological polar surface area (TPSA) is 6.48 Å². The molecule has 41 heavy (non-hydrogen) atoms. The van der Waals surface area contributed by atoms with Crippen molar-refractivity contribution in [1.82, 2.24) is 9.80 Å². The lowest BCUT2D eigenvalue weighted by Gasteiger charge is -2.32. The molecule has 1 aliphatic rings. The van der Waals surface area contributed by atoms with Gasteiger partial charge in [-0.25, -0.2) is 0 Å². The first-order valence-corrected chi connectivity index (χ1v) is 19.5. The molecule has 0 amide bonds. The van der Waals surface area contributed by atoms with Crippen molar-refractivity contribution in [3.8, 4) is 0 Å². The van der Waals surface area contributed by atoms with Crippen molar-refractivity contribution in [3.63, 3.8) is 0 Å². The van der Waals surface area contributed by atoms with Crippen LogP contribution in [0.2, 0.25) is 0 Å². The first kappa shape index (κ1) is 38.4. The first-order valence-electron chi connectivity index (χ1n) is 19.5. The summed E-state index contributed by atoms with van der Waals surface area (Å²) in [4.78, 5) is 5.24. The van der Waals surface area contributed by atoms with Gasteiger partial charge in [-0.05, 0) is 26.2 Å². The van der Waals surface area contributed by atoms with Crippen molar-refractivity contribution in [2.24, 2.45) is 0 Å². The maximum absolute atomic E-state index is 2.66. The summed E-state index contributed by atoms with van der Waals surface area (Å²) in [5.74, 6) is 0. The van der Waals surface area contributed by atoms with Crippen molar-refractivity contribution in [2.75, 3.05) is 13.1 Å². The third-order valence-electron chi connectivity index (χ3n) is 9.67. The van der Waals surface area contributed by atoms with E-state index in [1.54, 1.807) is 0 Å². The molecule has 1 atom stereocenters. The second-order valence-electron chi connectivity index (χ2n) is 13.5. The van der Waals surface area contributed by atoms with Gasteiger partial charge in [0.15, 0.2) is 0 Å². The van der Waals surface area contributed by atoms with Crippen LogP contribution in [0.25, 0.3) is 0 Å². The molecule has 0 aromatic heterocycles. The van der Waals surface area contributed by atoms with Crippen LogP contribution < -0.4 is 0 Å². The molecule has 2 nitrogen and oxygen atoms in total. The van der Waals surface area contributed by atoms with Crippen LogP contribution in [0.1, 0.15) is 220 Å². The van der Waals surface area contributed by atoms with Gasteiger partial charge in [-0.1, -0.05) is 194 Å². The molecule has 0 aromatic carbocycles. The minimum Gasteiger partial charge on any atom is -0.356 e. The fourth-order valence-electron chi connectivity index (χ4n) is 6.80. The summed E-state index contributed by atoms with van der Waals surface area (Å²) >= 11 is 0. The lowest BCUT2D eigenvalue weighted by Crippen LogP contribution is -2.38. The van der Waals surface area contributed by atoms with E-state index in [2.05, 4.69) is 43.0 Å². The summed E-state index contributed by atoms with van der Waals surface area (Å²) < 4.78 is 0. The monoisotopic (exact) mass is 575 g/mol. The molecular weight excluding hydrogens is 496 g/mol. The Morgan fingerprint density at radius 2 is 0.634 bits per heavy atom. The van der Waals surface area contributed by atoms with Crippen molar-refractivity contribution in [3.05, 3.63) is 12.4 Å².